The Morgan fingerprint density at radius 1 is 1.38 bits per heavy atom. The van der Waals surface area contributed by atoms with Gasteiger partial charge in [-0.15, -0.1) is 6.58 Å². The molecule has 4 nitrogen and oxygen atoms in total. The van der Waals surface area contributed by atoms with Crippen LogP contribution in [0.3, 0.4) is 0 Å². The first-order valence-corrected chi connectivity index (χ1v) is 7.09. The molecule has 0 spiro atoms. The lowest BCUT2D eigenvalue weighted by Crippen LogP contribution is -2.46. The molecular weight excluding hydrogens is 266 g/mol. The summed E-state index contributed by atoms with van der Waals surface area (Å²) in [4.78, 5) is 13.9. The van der Waals surface area contributed by atoms with Crippen LogP contribution < -0.4 is 0 Å². The average molecular weight is 291 g/mol. The van der Waals surface area contributed by atoms with E-state index in [-0.39, 0.29) is 0 Å². The smallest absolute Gasteiger partial charge is 0.410 e. The van der Waals surface area contributed by atoms with E-state index in [0.717, 1.165) is 5.56 Å². The van der Waals surface area contributed by atoms with E-state index in [1.54, 1.807) is 6.92 Å². The summed E-state index contributed by atoms with van der Waals surface area (Å²) in [5.41, 5.74) is 0.400. The van der Waals surface area contributed by atoms with E-state index >= 15 is 0 Å². The molecule has 0 saturated heterocycles. The van der Waals surface area contributed by atoms with E-state index in [1.165, 1.54) is 11.0 Å². The molecule has 4 heteroatoms. The molecule has 0 unspecified atom stereocenters. The highest BCUT2D eigenvalue weighted by Crippen LogP contribution is 2.17. The summed E-state index contributed by atoms with van der Waals surface area (Å²) in [6.07, 6.45) is 0.175. The van der Waals surface area contributed by atoms with Gasteiger partial charge in [-0.05, 0) is 33.3 Å². The lowest BCUT2D eigenvalue weighted by atomic mass is 10.1. The van der Waals surface area contributed by atoms with E-state index in [9.17, 15) is 9.90 Å². The van der Waals surface area contributed by atoms with Gasteiger partial charge in [0.1, 0.15) is 5.60 Å². The Balaban J connectivity index is 2.94. The molecular formula is C17H25NO3. The molecule has 1 aromatic rings. The van der Waals surface area contributed by atoms with Gasteiger partial charge < -0.3 is 9.84 Å². The van der Waals surface area contributed by atoms with Gasteiger partial charge in [-0.2, -0.15) is 0 Å². The second-order valence-corrected chi connectivity index (χ2v) is 6.06. The summed E-state index contributed by atoms with van der Waals surface area (Å²) >= 11 is 0. The van der Waals surface area contributed by atoms with Crippen molar-refractivity contribution in [2.45, 2.75) is 52.0 Å². The number of hydrogen-bond acceptors (Lipinski definition) is 3. The molecule has 0 bridgehead atoms. The monoisotopic (exact) mass is 291 g/mol. The predicted octanol–water partition coefficient (Wildman–Crippen LogP) is 3.36. The van der Waals surface area contributed by atoms with Crippen molar-refractivity contribution < 1.29 is 14.6 Å². The Hall–Kier alpha value is -1.81. The number of carbonyl (C=O) groups excluding carboxylic acids is 1. The third-order valence-electron chi connectivity index (χ3n) is 3.05. The van der Waals surface area contributed by atoms with E-state index < -0.39 is 23.8 Å². The number of nitrogens with zero attached hydrogens (tertiary/aromatic N) is 1. The number of amides is 1. The molecule has 1 amide bonds. The lowest BCUT2D eigenvalue weighted by molar-refractivity contribution is 0.00207. The highest BCUT2D eigenvalue weighted by atomic mass is 16.6. The summed E-state index contributed by atoms with van der Waals surface area (Å²) in [5, 5.41) is 9.95. The zero-order valence-electron chi connectivity index (χ0n) is 13.2. The molecule has 1 rings (SSSR count). The highest BCUT2D eigenvalue weighted by molar-refractivity contribution is 5.68. The first-order valence-electron chi connectivity index (χ1n) is 7.09. The van der Waals surface area contributed by atoms with Crippen molar-refractivity contribution >= 4 is 6.09 Å². The SMILES string of the molecule is C=C[C@H](O)[C@H](C)N(Cc1ccccc1)C(=O)OC(C)(C)C. The summed E-state index contributed by atoms with van der Waals surface area (Å²) in [7, 11) is 0. The molecule has 0 aliphatic rings. The normalized spacial score (nSPS) is 14.1. The summed E-state index contributed by atoms with van der Waals surface area (Å²) in [5.74, 6) is 0. The molecule has 0 radical (unpaired) electrons. The zero-order chi connectivity index (χ0) is 16.0. The molecule has 0 fully saturated rings. The van der Waals surface area contributed by atoms with Gasteiger partial charge in [-0.25, -0.2) is 4.79 Å². The molecule has 0 aliphatic carbocycles. The standard InChI is InChI=1S/C17H25NO3/c1-6-15(19)13(2)18(16(20)21-17(3,4)5)12-14-10-8-7-9-11-14/h6-11,13,15,19H,1,12H2,2-5H3/t13-,15-/m0/s1. The van der Waals surface area contributed by atoms with Crippen LogP contribution in [0.15, 0.2) is 43.0 Å². The van der Waals surface area contributed by atoms with Gasteiger partial charge in [0.25, 0.3) is 0 Å². The molecule has 0 heterocycles. The van der Waals surface area contributed by atoms with Crippen molar-refractivity contribution in [1.29, 1.82) is 0 Å². The van der Waals surface area contributed by atoms with E-state index in [2.05, 4.69) is 6.58 Å². The number of rotatable bonds is 5. The van der Waals surface area contributed by atoms with Crippen LogP contribution in [0.2, 0.25) is 0 Å². The molecule has 0 aromatic heterocycles. The fraction of sp³-hybridized carbons (Fsp3) is 0.471. The third kappa shape index (κ3) is 5.60. The third-order valence-corrected chi connectivity index (χ3v) is 3.05. The number of aliphatic hydroxyl groups is 1. The molecule has 0 saturated carbocycles. The fourth-order valence-electron chi connectivity index (χ4n) is 1.86. The van der Waals surface area contributed by atoms with Crippen LogP contribution in [0.4, 0.5) is 4.79 Å². The van der Waals surface area contributed by atoms with E-state index in [1.807, 2.05) is 51.1 Å². The van der Waals surface area contributed by atoms with Gasteiger partial charge >= 0.3 is 6.09 Å². The summed E-state index contributed by atoms with van der Waals surface area (Å²) in [6, 6.07) is 9.20. The second-order valence-electron chi connectivity index (χ2n) is 6.06. The molecule has 1 N–H and O–H groups in total. The average Bonchev–Trinajstić information content (AvgIpc) is 2.42. The number of hydrogen-bond donors (Lipinski definition) is 1. The van der Waals surface area contributed by atoms with Crippen molar-refractivity contribution in [1.82, 2.24) is 4.90 Å². The van der Waals surface area contributed by atoms with Crippen LogP contribution in [-0.2, 0) is 11.3 Å². The Morgan fingerprint density at radius 2 is 1.95 bits per heavy atom. The van der Waals surface area contributed by atoms with Crippen molar-refractivity contribution in [3.8, 4) is 0 Å². The topological polar surface area (TPSA) is 49.8 Å². The zero-order valence-corrected chi connectivity index (χ0v) is 13.2. The van der Waals surface area contributed by atoms with Crippen molar-refractivity contribution in [2.75, 3.05) is 0 Å². The molecule has 2 atom stereocenters. The van der Waals surface area contributed by atoms with Crippen molar-refractivity contribution in [2.24, 2.45) is 0 Å². The largest absolute Gasteiger partial charge is 0.444 e. The number of carbonyl (C=O) groups is 1. The van der Waals surface area contributed by atoms with Crippen LogP contribution in [0.25, 0.3) is 0 Å². The summed E-state index contributed by atoms with van der Waals surface area (Å²) in [6.45, 7) is 11.2. The van der Waals surface area contributed by atoms with E-state index in [4.69, 9.17) is 4.74 Å². The van der Waals surface area contributed by atoms with Gasteiger partial charge in [0.05, 0.1) is 12.1 Å². The minimum absolute atomic E-state index is 0.377. The maximum atomic E-state index is 12.4. The Bertz CT molecular complexity index is 465. The lowest BCUT2D eigenvalue weighted by Gasteiger charge is -2.33. The maximum Gasteiger partial charge on any atom is 0.410 e. The van der Waals surface area contributed by atoms with Crippen molar-refractivity contribution in [3.63, 3.8) is 0 Å². The van der Waals surface area contributed by atoms with Crippen LogP contribution in [-0.4, -0.2) is 33.8 Å². The first-order chi connectivity index (χ1) is 9.74. The van der Waals surface area contributed by atoms with Crippen LogP contribution in [0.5, 0.6) is 0 Å². The number of ether oxygens (including phenoxy) is 1. The summed E-state index contributed by atoms with van der Waals surface area (Å²) < 4.78 is 5.43. The van der Waals surface area contributed by atoms with Gasteiger partial charge in [-0.3, -0.25) is 4.90 Å². The minimum atomic E-state index is -0.804. The van der Waals surface area contributed by atoms with Crippen LogP contribution >= 0.6 is 0 Å². The number of aliphatic hydroxyl groups excluding tert-OH is 1. The van der Waals surface area contributed by atoms with Gasteiger partial charge in [-0.1, -0.05) is 36.4 Å². The van der Waals surface area contributed by atoms with Gasteiger partial charge in [0.15, 0.2) is 0 Å². The first kappa shape index (κ1) is 17.2. The second kappa shape index (κ2) is 7.27. The predicted molar refractivity (Wildman–Crippen MR) is 83.9 cm³/mol. The fourth-order valence-corrected chi connectivity index (χ4v) is 1.86. The van der Waals surface area contributed by atoms with Crippen LogP contribution in [0.1, 0.15) is 33.3 Å². The Morgan fingerprint density at radius 3 is 2.43 bits per heavy atom. The molecule has 1 aromatic carbocycles. The molecule has 116 valence electrons. The molecule has 0 aliphatic heterocycles. The van der Waals surface area contributed by atoms with Gasteiger partial charge in [0.2, 0.25) is 0 Å². The quantitative estimate of drug-likeness (QED) is 0.846. The Kier molecular flexibility index (Phi) is 5.97. The Labute approximate surface area is 127 Å². The number of benzene rings is 1. The highest BCUT2D eigenvalue weighted by Gasteiger charge is 2.28. The van der Waals surface area contributed by atoms with Crippen molar-refractivity contribution in [3.05, 3.63) is 48.6 Å². The van der Waals surface area contributed by atoms with Crippen LogP contribution in [0, 0.1) is 0 Å². The van der Waals surface area contributed by atoms with E-state index in [0.29, 0.717) is 6.54 Å². The maximum absolute atomic E-state index is 12.4. The molecule has 21 heavy (non-hydrogen) atoms. The van der Waals surface area contributed by atoms with Gasteiger partial charge in [0, 0.05) is 6.54 Å². The minimum Gasteiger partial charge on any atom is -0.444 e.